The summed E-state index contributed by atoms with van der Waals surface area (Å²) in [7, 11) is 1.93. The molecule has 0 aliphatic carbocycles. The number of likely N-dealkylation sites (tertiary alicyclic amines) is 1. The number of nitrogens with one attached hydrogen (secondary N) is 1. The van der Waals surface area contributed by atoms with E-state index in [1.165, 1.54) is 10.9 Å². The summed E-state index contributed by atoms with van der Waals surface area (Å²) in [6.07, 6.45) is 3.61. The fraction of sp³-hybridized carbons (Fsp3) is 0.471. The SMILES string of the molecule is CNCC1CCCN(C(=O)Cn2cnc3ccc(Br)cc3c2=O)C1. The van der Waals surface area contributed by atoms with E-state index in [0.29, 0.717) is 16.8 Å². The van der Waals surface area contributed by atoms with Crippen LogP contribution >= 0.6 is 15.9 Å². The lowest BCUT2D eigenvalue weighted by molar-refractivity contribution is -0.133. The molecule has 1 amide bonds. The molecule has 1 aliphatic heterocycles. The number of piperidine rings is 1. The zero-order chi connectivity index (χ0) is 17.1. The summed E-state index contributed by atoms with van der Waals surface area (Å²) in [6.45, 7) is 2.47. The molecular formula is C17H21BrN4O2. The lowest BCUT2D eigenvalue weighted by atomic mass is 9.98. The Bertz CT molecular complexity index is 803. The van der Waals surface area contributed by atoms with Crippen LogP contribution in [0.25, 0.3) is 10.9 Å². The first-order valence-electron chi connectivity index (χ1n) is 8.15. The summed E-state index contributed by atoms with van der Waals surface area (Å²) >= 11 is 3.37. The van der Waals surface area contributed by atoms with Gasteiger partial charge in [-0.05, 0) is 50.6 Å². The van der Waals surface area contributed by atoms with E-state index < -0.39 is 0 Å². The summed E-state index contributed by atoms with van der Waals surface area (Å²) in [5.41, 5.74) is 0.456. The van der Waals surface area contributed by atoms with Crippen molar-refractivity contribution >= 4 is 32.7 Å². The lowest BCUT2D eigenvalue weighted by Gasteiger charge is -2.32. The standard InChI is InChI=1S/C17H21BrN4O2/c1-19-8-12-3-2-6-21(9-12)16(23)10-22-11-20-15-5-4-13(18)7-14(15)17(22)24/h4-5,7,11-12,19H,2-3,6,8-10H2,1H3. The largest absolute Gasteiger partial charge is 0.341 e. The highest BCUT2D eigenvalue weighted by molar-refractivity contribution is 9.10. The molecule has 3 rings (SSSR count). The van der Waals surface area contributed by atoms with Gasteiger partial charge in [0.25, 0.3) is 5.56 Å². The van der Waals surface area contributed by atoms with Crippen LogP contribution in [0.3, 0.4) is 0 Å². The van der Waals surface area contributed by atoms with Gasteiger partial charge in [0, 0.05) is 17.6 Å². The second-order valence-electron chi connectivity index (χ2n) is 6.24. The maximum Gasteiger partial charge on any atom is 0.261 e. The summed E-state index contributed by atoms with van der Waals surface area (Å²) in [4.78, 5) is 31.3. The van der Waals surface area contributed by atoms with E-state index in [1.807, 2.05) is 18.0 Å². The number of benzene rings is 1. The van der Waals surface area contributed by atoms with Gasteiger partial charge in [0.1, 0.15) is 6.54 Å². The summed E-state index contributed by atoms with van der Waals surface area (Å²) < 4.78 is 2.22. The quantitative estimate of drug-likeness (QED) is 0.858. The van der Waals surface area contributed by atoms with Gasteiger partial charge in [-0.25, -0.2) is 4.98 Å². The molecular weight excluding hydrogens is 372 g/mol. The van der Waals surface area contributed by atoms with Crippen LogP contribution < -0.4 is 10.9 Å². The Morgan fingerprint density at radius 2 is 2.29 bits per heavy atom. The van der Waals surface area contributed by atoms with E-state index in [4.69, 9.17) is 0 Å². The van der Waals surface area contributed by atoms with E-state index in [9.17, 15) is 9.59 Å². The van der Waals surface area contributed by atoms with E-state index in [-0.39, 0.29) is 18.0 Å². The molecule has 6 nitrogen and oxygen atoms in total. The highest BCUT2D eigenvalue weighted by Gasteiger charge is 2.23. The van der Waals surface area contributed by atoms with Crippen molar-refractivity contribution in [3.8, 4) is 0 Å². The number of carbonyl (C=O) groups is 1. The Hall–Kier alpha value is -1.73. The number of hydrogen-bond acceptors (Lipinski definition) is 4. The highest BCUT2D eigenvalue weighted by atomic mass is 79.9. The molecule has 7 heteroatoms. The third-order valence-corrected chi connectivity index (χ3v) is 4.95. The van der Waals surface area contributed by atoms with Crippen molar-refractivity contribution in [1.82, 2.24) is 19.8 Å². The molecule has 1 atom stereocenters. The Balaban J connectivity index is 1.78. The number of nitrogens with zero attached hydrogens (tertiary/aromatic N) is 3. The van der Waals surface area contributed by atoms with Gasteiger partial charge in [-0.15, -0.1) is 0 Å². The van der Waals surface area contributed by atoms with Gasteiger partial charge in [0.2, 0.25) is 5.91 Å². The van der Waals surface area contributed by atoms with Crippen molar-refractivity contribution in [2.24, 2.45) is 5.92 Å². The summed E-state index contributed by atoms with van der Waals surface area (Å²) in [6, 6.07) is 5.38. The minimum atomic E-state index is -0.182. The molecule has 0 spiro atoms. The Morgan fingerprint density at radius 1 is 1.46 bits per heavy atom. The smallest absolute Gasteiger partial charge is 0.261 e. The molecule has 1 aliphatic rings. The van der Waals surface area contributed by atoms with Gasteiger partial charge < -0.3 is 10.2 Å². The highest BCUT2D eigenvalue weighted by Crippen LogP contribution is 2.17. The second kappa shape index (κ2) is 7.44. The molecule has 1 N–H and O–H groups in total. The molecule has 1 saturated heterocycles. The van der Waals surface area contributed by atoms with Crippen molar-refractivity contribution in [1.29, 1.82) is 0 Å². The number of amides is 1. The Labute approximate surface area is 149 Å². The molecule has 1 aromatic carbocycles. The minimum absolute atomic E-state index is 0.0194. The average Bonchev–Trinajstić information content (AvgIpc) is 2.58. The first-order valence-corrected chi connectivity index (χ1v) is 8.95. The molecule has 2 aromatic rings. The Morgan fingerprint density at radius 3 is 3.08 bits per heavy atom. The lowest BCUT2D eigenvalue weighted by Crippen LogP contribution is -2.44. The molecule has 1 aromatic heterocycles. The second-order valence-corrected chi connectivity index (χ2v) is 7.16. The first-order chi connectivity index (χ1) is 11.6. The monoisotopic (exact) mass is 392 g/mol. The maximum absolute atomic E-state index is 12.6. The molecule has 1 fully saturated rings. The van der Waals surface area contributed by atoms with Crippen molar-refractivity contribution < 1.29 is 4.79 Å². The maximum atomic E-state index is 12.6. The Kier molecular flexibility index (Phi) is 5.30. The van der Waals surface area contributed by atoms with Gasteiger partial charge in [0.15, 0.2) is 0 Å². The molecule has 1 unspecified atom stereocenters. The van der Waals surface area contributed by atoms with E-state index in [0.717, 1.165) is 36.9 Å². The van der Waals surface area contributed by atoms with Crippen LogP contribution in [0.4, 0.5) is 0 Å². The number of aromatic nitrogens is 2. The molecule has 0 radical (unpaired) electrons. The van der Waals surface area contributed by atoms with Crippen LogP contribution in [-0.4, -0.2) is 47.0 Å². The van der Waals surface area contributed by atoms with E-state index in [2.05, 4.69) is 26.2 Å². The van der Waals surface area contributed by atoms with E-state index >= 15 is 0 Å². The number of halogens is 1. The zero-order valence-corrected chi connectivity index (χ0v) is 15.3. The van der Waals surface area contributed by atoms with Crippen LogP contribution in [0.1, 0.15) is 12.8 Å². The van der Waals surface area contributed by atoms with Gasteiger partial charge in [-0.2, -0.15) is 0 Å². The minimum Gasteiger partial charge on any atom is -0.341 e. The normalized spacial score (nSPS) is 18.1. The van der Waals surface area contributed by atoms with Crippen LogP contribution in [0.15, 0.2) is 33.8 Å². The average molecular weight is 393 g/mol. The van der Waals surface area contributed by atoms with Crippen molar-refractivity contribution in [2.45, 2.75) is 19.4 Å². The van der Waals surface area contributed by atoms with Crippen molar-refractivity contribution in [3.63, 3.8) is 0 Å². The van der Waals surface area contributed by atoms with Crippen LogP contribution in [-0.2, 0) is 11.3 Å². The third kappa shape index (κ3) is 3.67. The molecule has 2 heterocycles. The molecule has 24 heavy (non-hydrogen) atoms. The fourth-order valence-electron chi connectivity index (χ4n) is 3.24. The number of carbonyl (C=O) groups excluding carboxylic acids is 1. The van der Waals surface area contributed by atoms with Crippen LogP contribution in [0, 0.1) is 5.92 Å². The number of fused-ring (bicyclic) bond motifs is 1. The summed E-state index contributed by atoms with van der Waals surface area (Å²) in [5, 5.41) is 3.69. The predicted molar refractivity (Wildman–Crippen MR) is 96.9 cm³/mol. The van der Waals surface area contributed by atoms with Crippen molar-refractivity contribution in [3.05, 3.63) is 39.4 Å². The number of rotatable bonds is 4. The zero-order valence-electron chi connectivity index (χ0n) is 13.7. The van der Waals surface area contributed by atoms with Crippen LogP contribution in [0.5, 0.6) is 0 Å². The third-order valence-electron chi connectivity index (χ3n) is 4.46. The molecule has 0 saturated carbocycles. The van der Waals surface area contributed by atoms with Gasteiger partial charge in [-0.1, -0.05) is 15.9 Å². The first kappa shape index (κ1) is 17.1. The molecule has 128 valence electrons. The van der Waals surface area contributed by atoms with Crippen molar-refractivity contribution in [2.75, 3.05) is 26.7 Å². The fourth-order valence-corrected chi connectivity index (χ4v) is 3.60. The van der Waals surface area contributed by atoms with Gasteiger partial charge in [-0.3, -0.25) is 14.2 Å². The predicted octanol–water partition coefficient (Wildman–Crippen LogP) is 1.62. The van der Waals surface area contributed by atoms with E-state index in [1.54, 1.807) is 12.1 Å². The summed E-state index contributed by atoms with van der Waals surface area (Å²) in [5.74, 6) is 0.462. The van der Waals surface area contributed by atoms with Crippen LogP contribution in [0.2, 0.25) is 0 Å². The topological polar surface area (TPSA) is 67.2 Å². The molecule has 0 bridgehead atoms. The number of hydrogen-bond donors (Lipinski definition) is 1. The van der Waals surface area contributed by atoms with Gasteiger partial charge in [0.05, 0.1) is 17.2 Å². The van der Waals surface area contributed by atoms with Gasteiger partial charge >= 0.3 is 0 Å².